The first kappa shape index (κ1) is 22.8. The lowest BCUT2D eigenvalue weighted by atomic mass is 9.99. The van der Waals surface area contributed by atoms with Crippen LogP contribution in [0.3, 0.4) is 0 Å². The topological polar surface area (TPSA) is 59.0 Å². The highest BCUT2D eigenvalue weighted by Crippen LogP contribution is 2.22. The first-order chi connectivity index (χ1) is 16.1. The second kappa shape index (κ2) is 10.9. The average Bonchev–Trinajstić information content (AvgIpc) is 2.88. The molecule has 1 unspecified atom stereocenters. The number of hydrogen-bond acceptors (Lipinski definition) is 5. The quantitative estimate of drug-likeness (QED) is 0.495. The highest BCUT2D eigenvalue weighted by molar-refractivity contribution is 6.09. The van der Waals surface area contributed by atoms with E-state index in [0.29, 0.717) is 29.2 Å². The van der Waals surface area contributed by atoms with Gasteiger partial charge in [0.05, 0.1) is 7.11 Å². The van der Waals surface area contributed by atoms with E-state index in [2.05, 4.69) is 35.2 Å². The van der Waals surface area contributed by atoms with Gasteiger partial charge in [0, 0.05) is 30.8 Å². The molecule has 33 heavy (non-hydrogen) atoms. The fraction of sp³-hybridized carbons (Fsp3) is 0.250. The van der Waals surface area contributed by atoms with Crippen molar-refractivity contribution in [2.45, 2.75) is 12.5 Å². The van der Waals surface area contributed by atoms with E-state index in [0.717, 1.165) is 19.5 Å². The molecule has 3 aromatic rings. The Morgan fingerprint density at radius 3 is 2.15 bits per heavy atom. The minimum absolute atomic E-state index is 0.0581. The Morgan fingerprint density at radius 1 is 0.939 bits per heavy atom. The van der Waals surface area contributed by atoms with Gasteiger partial charge in [-0.3, -0.25) is 9.69 Å². The first-order valence-corrected chi connectivity index (χ1v) is 11.2. The Kier molecular flexibility index (Phi) is 7.55. The third-order valence-corrected chi connectivity index (χ3v) is 5.82. The van der Waals surface area contributed by atoms with Crippen molar-refractivity contribution >= 4 is 11.4 Å². The average molecular weight is 444 g/mol. The summed E-state index contributed by atoms with van der Waals surface area (Å²) in [7, 11) is 1.60. The van der Waals surface area contributed by atoms with Crippen molar-refractivity contribution in [3.8, 4) is 11.5 Å². The summed E-state index contributed by atoms with van der Waals surface area (Å²) in [5.74, 6) is 1.29. The van der Waals surface area contributed by atoms with E-state index in [9.17, 15) is 9.90 Å². The number of aliphatic hydroxyl groups excluding tert-OH is 1. The predicted octanol–water partition coefficient (Wildman–Crippen LogP) is 4.46. The molecule has 0 aromatic heterocycles. The van der Waals surface area contributed by atoms with Crippen LogP contribution >= 0.6 is 0 Å². The van der Waals surface area contributed by atoms with Crippen LogP contribution in [0.25, 0.3) is 5.57 Å². The molecule has 1 atom stereocenters. The number of benzene rings is 3. The number of nitrogens with zero attached hydrogens (tertiary/aromatic N) is 1. The van der Waals surface area contributed by atoms with Crippen molar-refractivity contribution in [1.82, 2.24) is 4.90 Å². The smallest absolute Gasteiger partial charge is 0.193 e. The molecule has 170 valence electrons. The number of carbonyl (C=O) groups is 1. The van der Waals surface area contributed by atoms with Gasteiger partial charge in [-0.05, 0) is 66.1 Å². The number of β-amino-alcohol motifs (C(OH)–C–C–N with tert-alkyl or cyclic N) is 1. The van der Waals surface area contributed by atoms with Crippen LogP contribution in [0.4, 0.5) is 0 Å². The summed E-state index contributed by atoms with van der Waals surface area (Å²) in [4.78, 5) is 14.9. The number of rotatable bonds is 9. The molecule has 0 saturated heterocycles. The van der Waals surface area contributed by atoms with Crippen LogP contribution in [0.1, 0.15) is 27.9 Å². The van der Waals surface area contributed by atoms with Gasteiger partial charge < -0.3 is 14.6 Å². The molecule has 0 fully saturated rings. The Balaban J connectivity index is 1.24. The van der Waals surface area contributed by atoms with Gasteiger partial charge in [0.15, 0.2) is 5.78 Å². The van der Waals surface area contributed by atoms with E-state index in [1.54, 1.807) is 55.6 Å². The predicted molar refractivity (Wildman–Crippen MR) is 130 cm³/mol. The molecule has 1 aliphatic rings. The van der Waals surface area contributed by atoms with Gasteiger partial charge in [-0.2, -0.15) is 0 Å². The highest BCUT2D eigenvalue weighted by Gasteiger charge is 2.17. The van der Waals surface area contributed by atoms with Gasteiger partial charge in [-0.25, -0.2) is 0 Å². The third-order valence-electron chi connectivity index (χ3n) is 5.82. The molecule has 5 nitrogen and oxygen atoms in total. The van der Waals surface area contributed by atoms with Gasteiger partial charge >= 0.3 is 0 Å². The van der Waals surface area contributed by atoms with Gasteiger partial charge in [0.25, 0.3) is 0 Å². The molecule has 4 rings (SSSR count). The van der Waals surface area contributed by atoms with Crippen molar-refractivity contribution in [2.75, 3.05) is 33.4 Å². The van der Waals surface area contributed by atoms with Crippen molar-refractivity contribution in [3.05, 3.63) is 102 Å². The van der Waals surface area contributed by atoms with E-state index in [1.165, 1.54) is 11.1 Å². The van der Waals surface area contributed by atoms with Crippen LogP contribution in [0.2, 0.25) is 0 Å². The van der Waals surface area contributed by atoms with E-state index in [1.807, 2.05) is 6.07 Å². The Labute approximate surface area is 194 Å². The molecular weight excluding hydrogens is 414 g/mol. The molecule has 0 aliphatic carbocycles. The van der Waals surface area contributed by atoms with Crippen molar-refractivity contribution in [3.63, 3.8) is 0 Å². The van der Waals surface area contributed by atoms with Crippen LogP contribution in [0.5, 0.6) is 11.5 Å². The minimum atomic E-state index is -0.586. The molecule has 3 aromatic carbocycles. The van der Waals surface area contributed by atoms with E-state index in [-0.39, 0.29) is 12.4 Å². The number of aliphatic hydroxyl groups is 1. The summed E-state index contributed by atoms with van der Waals surface area (Å²) in [6.45, 7) is 2.51. The van der Waals surface area contributed by atoms with E-state index in [4.69, 9.17) is 9.47 Å². The van der Waals surface area contributed by atoms with E-state index < -0.39 is 6.10 Å². The third kappa shape index (κ3) is 6.09. The Morgan fingerprint density at radius 2 is 1.58 bits per heavy atom. The maximum Gasteiger partial charge on any atom is 0.193 e. The van der Waals surface area contributed by atoms with Crippen molar-refractivity contribution < 1.29 is 19.4 Å². The minimum Gasteiger partial charge on any atom is -0.497 e. The molecule has 0 radical (unpaired) electrons. The molecule has 0 amide bonds. The van der Waals surface area contributed by atoms with Crippen LogP contribution in [0.15, 0.2) is 84.9 Å². The monoisotopic (exact) mass is 443 g/mol. The molecular formula is C28H29NO4. The van der Waals surface area contributed by atoms with Crippen LogP contribution < -0.4 is 9.47 Å². The molecule has 5 heteroatoms. The standard InChI is InChI=1S/C28H29NO4/c1-32-26-11-7-23(8-12-26)28(31)24-9-13-27(14-10-24)33-20-25(30)19-29-17-15-22(16-18-29)21-5-3-2-4-6-21/h2-15,25,30H,16-20H2,1H3. The summed E-state index contributed by atoms with van der Waals surface area (Å²) >= 11 is 0. The lowest BCUT2D eigenvalue weighted by molar-refractivity contribution is 0.0716. The van der Waals surface area contributed by atoms with Crippen molar-refractivity contribution in [1.29, 1.82) is 0 Å². The molecule has 1 aliphatic heterocycles. The molecule has 1 N–H and O–H groups in total. The number of carbonyl (C=O) groups excluding carboxylic acids is 1. The number of ketones is 1. The number of hydrogen-bond donors (Lipinski definition) is 1. The van der Waals surface area contributed by atoms with Gasteiger partial charge in [0.1, 0.15) is 24.2 Å². The highest BCUT2D eigenvalue weighted by atomic mass is 16.5. The zero-order chi connectivity index (χ0) is 23.0. The molecule has 0 spiro atoms. The van der Waals surface area contributed by atoms with Gasteiger partial charge in [-0.1, -0.05) is 36.4 Å². The number of methoxy groups -OCH3 is 1. The van der Waals surface area contributed by atoms with Crippen LogP contribution in [0, 0.1) is 0 Å². The van der Waals surface area contributed by atoms with Gasteiger partial charge in [0.2, 0.25) is 0 Å². The fourth-order valence-electron chi connectivity index (χ4n) is 3.95. The van der Waals surface area contributed by atoms with E-state index >= 15 is 0 Å². The largest absolute Gasteiger partial charge is 0.497 e. The molecule has 1 heterocycles. The lowest BCUT2D eigenvalue weighted by Gasteiger charge is -2.28. The lowest BCUT2D eigenvalue weighted by Crippen LogP contribution is -2.38. The van der Waals surface area contributed by atoms with Crippen molar-refractivity contribution in [2.24, 2.45) is 0 Å². The maximum atomic E-state index is 12.6. The SMILES string of the molecule is COc1ccc(C(=O)c2ccc(OCC(O)CN3CC=C(c4ccccc4)CC3)cc2)cc1. The second-order valence-corrected chi connectivity index (χ2v) is 8.15. The Bertz CT molecular complexity index is 1080. The Hall–Kier alpha value is -3.41. The molecule has 0 saturated carbocycles. The first-order valence-electron chi connectivity index (χ1n) is 11.2. The summed E-state index contributed by atoms with van der Waals surface area (Å²) < 4.78 is 10.9. The molecule has 0 bridgehead atoms. The second-order valence-electron chi connectivity index (χ2n) is 8.15. The maximum absolute atomic E-state index is 12.6. The summed E-state index contributed by atoms with van der Waals surface area (Å²) in [5.41, 5.74) is 3.82. The summed E-state index contributed by atoms with van der Waals surface area (Å²) in [6, 6.07) is 24.5. The van der Waals surface area contributed by atoms with Crippen LogP contribution in [-0.2, 0) is 0 Å². The van der Waals surface area contributed by atoms with Gasteiger partial charge in [-0.15, -0.1) is 0 Å². The van der Waals surface area contributed by atoms with Crippen LogP contribution in [-0.4, -0.2) is 55.2 Å². The fourth-order valence-corrected chi connectivity index (χ4v) is 3.95. The normalized spacial score (nSPS) is 14.9. The zero-order valence-electron chi connectivity index (χ0n) is 18.8. The summed E-state index contributed by atoms with van der Waals surface area (Å²) in [6.07, 6.45) is 2.63. The zero-order valence-corrected chi connectivity index (χ0v) is 18.8. The summed E-state index contributed by atoms with van der Waals surface area (Å²) in [5, 5.41) is 10.4. The number of ether oxygens (including phenoxy) is 2.